The molecule has 0 heterocycles. The van der Waals surface area contributed by atoms with Crippen molar-refractivity contribution in [2.45, 2.75) is 32.0 Å². The maximum absolute atomic E-state index is 10.9. The van der Waals surface area contributed by atoms with E-state index in [9.17, 15) is 4.79 Å². The summed E-state index contributed by atoms with van der Waals surface area (Å²) in [6, 6.07) is 5.72. The molecule has 1 atom stereocenters. The van der Waals surface area contributed by atoms with Gasteiger partial charge in [0.1, 0.15) is 0 Å². The molecule has 0 amide bonds. The first kappa shape index (κ1) is 13.0. The largest absolute Gasteiger partial charge is 0.355 e. The van der Waals surface area contributed by atoms with Crippen molar-refractivity contribution in [1.82, 2.24) is 0 Å². The van der Waals surface area contributed by atoms with E-state index in [1.165, 1.54) is 0 Å². The third-order valence-electron chi connectivity index (χ3n) is 2.17. The standard InChI is InChI=1S/C12H15BrO3/c1-4-12(14)16-15-11-6-5-10(9(3)13)7-8(11)2/h5-7,9H,4H2,1-3H3. The van der Waals surface area contributed by atoms with Gasteiger partial charge < -0.3 is 0 Å². The van der Waals surface area contributed by atoms with Crippen molar-refractivity contribution in [3.8, 4) is 5.75 Å². The van der Waals surface area contributed by atoms with Crippen LogP contribution < -0.4 is 4.89 Å². The van der Waals surface area contributed by atoms with Crippen molar-refractivity contribution in [1.29, 1.82) is 0 Å². The van der Waals surface area contributed by atoms with E-state index in [0.717, 1.165) is 11.1 Å². The highest BCUT2D eigenvalue weighted by atomic mass is 79.9. The van der Waals surface area contributed by atoms with E-state index in [0.29, 0.717) is 17.0 Å². The summed E-state index contributed by atoms with van der Waals surface area (Å²) in [5, 5.41) is 0. The number of rotatable bonds is 4. The molecule has 0 aliphatic carbocycles. The first-order valence-corrected chi connectivity index (χ1v) is 6.08. The SMILES string of the molecule is CCC(=O)OOc1ccc(C(C)Br)cc1C. The fourth-order valence-electron chi connectivity index (χ4n) is 1.16. The van der Waals surface area contributed by atoms with Crippen LogP contribution in [0.15, 0.2) is 18.2 Å². The Kier molecular flexibility index (Phi) is 4.80. The van der Waals surface area contributed by atoms with Crippen LogP contribution >= 0.6 is 15.9 Å². The molecule has 0 fully saturated rings. The molecule has 88 valence electrons. The summed E-state index contributed by atoms with van der Waals surface area (Å²) in [5.41, 5.74) is 2.10. The van der Waals surface area contributed by atoms with Gasteiger partial charge in [0, 0.05) is 11.2 Å². The van der Waals surface area contributed by atoms with Crippen molar-refractivity contribution in [2.75, 3.05) is 0 Å². The van der Waals surface area contributed by atoms with E-state index in [2.05, 4.69) is 20.8 Å². The Labute approximate surface area is 104 Å². The second kappa shape index (κ2) is 5.89. The lowest BCUT2D eigenvalue weighted by atomic mass is 10.1. The van der Waals surface area contributed by atoms with Crippen LogP contribution in [0, 0.1) is 6.92 Å². The van der Waals surface area contributed by atoms with Gasteiger partial charge in [0.2, 0.25) is 0 Å². The Morgan fingerprint density at radius 1 is 1.50 bits per heavy atom. The molecule has 0 N–H and O–H groups in total. The zero-order chi connectivity index (χ0) is 12.1. The number of benzene rings is 1. The lowest BCUT2D eigenvalue weighted by molar-refractivity contribution is -0.213. The predicted molar refractivity (Wildman–Crippen MR) is 65.5 cm³/mol. The average molecular weight is 287 g/mol. The molecule has 0 aliphatic heterocycles. The highest BCUT2D eigenvalue weighted by molar-refractivity contribution is 9.09. The molecular formula is C12H15BrO3. The van der Waals surface area contributed by atoms with Crippen LogP contribution in [0.5, 0.6) is 5.75 Å². The molecule has 3 nitrogen and oxygen atoms in total. The van der Waals surface area contributed by atoms with Gasteiger partial charge in [-0.15, -0.1) is 0 Å². The normalized spacial score (nSPS) is 12.0. The van der Waals surface area contributed by atoms with Crippen LogP contribution in [-0.2, 0) is 9.68 Å². The van der Waals surface area contributed by atoms with E-state index >= 15 is 0 Å². The first-order valence-electron chi connectivity index (χ1n) is 5.16. The molecule has 1 rings (SSSR count). The molecule has 0 aromatic heterocycles. The summed E-state index contributed by atoms with van der Waals surface area (Å²) in [6.07, 6.45) is 0.301. The van der Waals surface area contributed by atoms with Gasteiger partial charge in [-0.05, 0) is 31.0 Å². The number of hydrogen-bond acceptors (Lipinski definition) is 3. The topological polar surface area (TPSA) is 35.5 Å². The first-order chi connectivity index (χ1) is 7.54. The number of aryl methyl sites for hydroxylation is 1. The quantitative estimate of drug-likeness (QED) is 0.481. The summed E-state index contributed by atoms with van der Waals surface area (Å²) in [7, 11) is 0. The highest BCUT2D eigenvalue weighted by Crippen LogP contribution is 2.27. The molecular weight excluding hydrogens is 272 g/mol. The fraction of sp³-hybridized carbons (Fsp3) is 0.417. The van der Waals surface area contributed by atoms with Crippen LogP contribution in [0.25, 0.3) is 0 Å². The molecule has 0 aliphatic rings. The van der Waals surface area contributed by atoms with Gasteiger partial charge in [0.25, 0.3) is 0 Å². The fourth-order valence-corrected chi connectivity index (χ4v) is 1.45. The third-order valence-corrected chi connectivity index (χ3v) is 2.70. The Morgan fingerprint density at radius 3 is 2.69 bits per heavy atom. The molecule has 1 unspecified atom stereocenters. The number of halogens is 1. The second-order valence-corrected chi connectivity index (χ2v) is 4.91. The van der Waals surface area contributed by atoms with E-state index in [-0.39, 0.29) is 5.97 Å². The summed E-state index contributed by atoms with van der Waals surface area (Å²) >= 11 is 3.49. The van der Waals surface area contributed by atoms with Gasteiger partial charge >= 0.3 is 5.97 Å². The Balaban J connectivity index is 2.72. The number of hydrogen-bond donors (Lipinski definition) is 0. The Bertz CT molecular complexity index is 375. The van der Waals surface area contributed by atoms with Gasteiger partial charge in [-0.25, -0.2) is 4.79 Å². The highest BCUT2D eigenvalue weighted by Gasteiger charge is 2.07. The molecule has 0 spiro atoms. The second-order valence-electron chi connectivity index (χ2n) is 3.53. The summed E-state index contributed by atoms with van der Waals surface area (Å²) in [4.78, 5) is 20.8. The summed E-state index contributed by atoms with van der Waals surface area (Å²) in [5.74, 6) is 0.191. The minimum absolute atomic E-state index is 0.290. The van der Waals surface area contributed by atoms with Gasteiger partial charge in [0.15, 0.2) is 5.75 Å². The lowest BCUT2D eigenvalue weighted by Gasteiger charge is -2.09. The average Bonchev–Trinajstić information content (AvgIpc) is 2.26. The van der Waals surface area contributed by atoms with Crippen LogP contribution in [0.1, 0.15) is 36.2 Å². The third kappa shape index (κ3) is 3.52. The zero-order valence-corrected chi connectivity index (χ0v) is 11.2. The van der Waals surface area contributed by atoms with Gasteiger partial charge in [0.05, 0.1) is 0 Å². The maximum atomic E-state index is 10.9. The zero-order valence-electron chi connectivity index (χ0n) is 9.62. The van der Waals surface area contributed by atoms with Gasteiger partial charge in [-0.3, -0.25) is 9.78 Å². The van der Waals surface area contributed by atoms with Crippen LogP contribution in [0.4, 0.5) is 0 Å². The number of carbonyl (C=O) groups excluding carboxylic acids is 1. The molecule has 1 aromatic rings. The van der Waals surface area contributed by atoms with Gasteiger partial charge in [-0.2, -0.15) is 0 Å². The van der Waals surface area contributed by atoms with Crippen molar-refractivity contribution >= 4 is 21.9 Å². The van der Waals surface area contributed by atoms with Crippen LogP contribution in [-0.4, -0.2) is 5.97 Å². The van der Waals surface area contributed by atoms with Crippen LogP contribution in [0.2, 0.25) is 0 Å². The van der Waals surface area contributed by atoms with E-state index in [4.69, 9.17) is 4.89 Å². The van der Waals surface area contributed by atoms with E-state index < -0.39 is 0 Å². The smallest absolute Gasteiger partial charge is 0.287 e. The van der Waals surface area contributed by atoms with Crippen LogP contribution in [0.3, 0.4) is 0 Å². The van der Waals surface area contributed by atoms with Crippen molar-refractivity contribution < 1.29 is 14.6 Å². The molecule has 16 heavy (non-hydrogen) atoms. The molecule has 0 radical (unpaired) electrons. The van der Waals surface area contributed by atoms with Crippen molar-refractivity contribution in [3.63, 3.8) is 0 Å². The van der Waals surface area contributed by atoms with Gasteiger partial charge in [-0.1, -0.05) is 35.0 Å². The minimum Gasteiger partial charge on any atom is -0.287 e. The molecule has 4 heteroatoms. The number of alkyl halides is 1. The summed E-state index contributed by atoms with van der Waals surface area (Å²) in [6.45, 7) is 5.68. The molecule has 0 saturated heterocycles. The lowest BCUT2D eigenvalue weighted by Crippen LogP contribution is -2.06. The maximum Gasteiger partial charge on any atom is 0.355 e. The Hall–Kier alpha value is -1.03. The van der Waals surface area contributed by atoms with Crippen molar-refractivity contribution in [2.24, 2.45) is 0 Å². The number of carbonyl (C=O) groups is 1. The molecule has 0 saturated carbocycles. The molecule has 0 bridgehead atoms. The van der Waals surface area contributed by atoms with E-state index in [1.54, 1.807) is 13.0 Å². The predicted octanol–water partition coefficient (Wildman–Crippen LogP) is 3.70. The monoisotopic (exact) mass is 286 g/mol. The minimum atomic E-state index is -0.377. The summed E-state index contributed by atoms with van der Waals surface area (Å²) < 4.78 is 0. The van der Waals surface area contributed by atoms with E-state index in [1.807, 2.05) is 26.0 Å². The van der Waals surface area contributed by atoms with Crippen molar-refractivity contribution in [3.05, 3.63) is 29.3 Å². The molecule has 1 aromatic carbocycles. The Morgan fingerprint density at radius 2 is 2.19 bits per heavy atom.